The number of rotatable bonds is 7. The first-order valence-electron chi connectivity index (χ1n) is 6.11. The van der Waals surface area contributed by atoms with Gasteiger partial charge in [-0.05, 0) is 26.2 Å². The third-order valence-corrected chi connectivity index (χ3v) is 3.61. The molecular formula is C12H18F6. The fourth-order valence-electron chi connectivity index (χ4n) is 1.87. The zero-order chi connectivity index (χ0) is 14.2. The molecule has 0 N–H and O–H groups in total. The quantitative estimate of drug-likeness (QED) is 0.579. The van der Waals surface area contributed by atoms with Gasteiger partial charge in [-0.1, -0.05) is 19.3 Å². The summed E-state index contributed by atoms with van der Waals surface area (Å²) in [6, 6.07) is 0. The lowest BCUT2D eigenvalue weighted by atomic mass is 9.86. The van der Waals surface area contributed by atoms with Crippen molar-refractivity contribution in [2.45, 2.75) is 69.6 Å². The summed E-state index contributed by atoms with van der Waals surface area (Å²) < 4.78 is 79.7. The predicted molar refractivity (Wildman–Crippen MR) is 56.6 cm³/mol. The summed E-state index contributed by atoms with van der Waals surface area (Å²) in [4.78, 5) is 0. The molecule has 18 heavy (non-hydrogen) atoms. The number of hydrogen-bond donors (Lipinski definition) is 0. The van der Waals surface area contributed by atoms with Crippen LogP contribution in [0.3, 0.4) is 0 Å². The van der Waals surface area contributed by atoms with Gasteiger partial charge in [-0.25, -0.2) is 17.6 Å². The Bertz CT molecular complexity index is 280. The second-order valence-electron chi connectivity index (χ2n) is 5.28. The molecule has 1 saturated carbocycles. The molecule has 0 radical (unpaired) electrons. The molecule has 0 aromatic heterocycles. The van der Waals surface area contributed by atoms with Crippen LogP contribution in [0.2, 0.25) is 0 Å². The summed E-state index contributed by atoms with van der Waals surface area (Å²) >= 11 is 0. The van der Waals surface area contributed by atoms with Crippen LogP contribution >= 0.6 is 0 Å². The van der Waals surface area contributed by atoms with E-state index in [0.29, 0.717) is 19.3 Å². The summed E-state index contributed by atoms with van der Waals surface area (Å²) in [6.45, 7) is 0.471. The average Bonchev–Trinajstić information content (AvgIpc) is 3.00. The Balaban J connectivity index is 2.66. The Morgan fingerprint density at radius 3 is 2.00 bits per heavy atom. The molecule has 0 amide bonds. The van der Waals surface area contributed by atoms with Gasteiger partial charge < -0.3 is 0 Å². The van der Waals surface area contributed by atoms with Crippen molar-refractivity contribution in [1.82, 2.24) is 0 Å². The van der Waals surface area contributed by atoms with Gasteiger partial charge in [0, 0.05) is 6.42 Å². The van der Waals surface area contributed by atoms with Gasteiger partial charge in [0.15, 0.2) is 6.17 Å². The zero-order valence-electron chi connectivity index (χ0n) is 10.5. The van der Waals surface area contributed by atoms with Gasteiger partial charge in [-0.2, -0.15) is 8.78 Å². The highest BCUT2D eigenvalue weighted by Gasteiger charge is 2.68. The minimum Gasteiger partial charge on any atom is -0.241 e. The van der Waals surface area contributed by atoms with Crippen molar-refractivity contribution in [1.29, 1.82) is 0 Å². The second kappa shape index (κ2) is 4.93. The molecule has 0 nitrogen and oxygen atoms in total. The van der Waals surface area contributed by atoms with E-state index >= 15 is 0 Å². The third-order valence-electron chi connectivity index (χ3n) is 3.61. The van der Waals surface area contributed by atoms with Crippen molar-refractivity contribution >= 4 is 0 Å². The monoisotopic (exact) mass is 276 g/mol. The SMILES string of the molecule is CC(F)C(F)(F)C(C)(F)C(F)(F)CCCC1CC1. The van der Waals surface area contributed by atoms with Crippen LogP contribution in [0.4, 0.5) is 26.3 Å². The van der Waals surface area contributed by atoms with Crippen molar-refractivity contribution in [2.75, 3.05) is 0 Å². The number of alkyl halides is 6. The van der Waals surface area contributed by atoms with Crippen LogP contribution in [0.5, 0.6) is 0 Å². The van der Waals surface area contributed by atoms with E-state index in [1.807, 2.05) is 0 Å². The molecule has 1 aliphatic rings. The first-order chi connectivity index (χ1) is 8.02. The second-order valence-corrected chi connectivity index (χ2v) is 5.28. The van der Waals surface area contributed by atoms with Crippen molar-refractivity contribution in [3.8, 4) is 0 Å². The Labute approximate surface area is 103 Å². The Morgan fingerprint density at radius 2 is 1.61 bits per heavy atom. The largest absolute Gasteiger partial charge is 0.317 e. The average molecular weight is 276 g/mol. The highest BCUT2D eigenvalue weighted by molar-refractivity contribution is 5.03. The Kier molecular flexibility index (Phi) is 4.28. The van der Waals surface area contributed by atoms with Gasteiger partial charge in [0.2, 0.25) is 5.67 Å². The maximum atomic E-state index is 13.7. The maximum absolute atomic E-state index is 13.7. The highest BCUT2D eigenvalue weighted by Crippen LogP contribution is 2.49. The molecule has 0 bridgehead atoms. The van der Waals surface area contributed by atoms with E-state index < -0.39 is 30.1 Å². The Morgan fingerprint density at radius 1 is 1.11 bits per heavy atom. The smallest absolute Gasteiger partial charge is 0.241 e. The fraction of sp³-hybridized carbons (Fsp3) is 1.00. The van der Waals surface area contributed by atoms with Gasteiger partial charge in [0.05, 0.1) is 0 Å². The molecule has 1 rings (SSSR count). The first kappa shape index (κ1) is 15.6. The molecule has 2 atom stereocenters. The van der Waals surface area contributed by atoms with Gasteiger partial charge in [-0.3, -0.25) is 0 Å². The number of halogens is 6. The van der Waals surface area contributed by atoms with Crippen LogP contribution in [0.25, 0.3) is 0 Å². The molecule has 1 aliphatic carbocycles. The van der Waals surface area contributed by atoms with Crippen LogP contribution in [0, 0.1) is 5.92 Å². The minimum atomic E-state index is -4.70. The molecule has 0 aliphatic heterocycles. The fourth-order valence-corrected chi connectivity index (χ4v) is 1.87. The molecule has 6 heteroatoms. The maximum Gasteiger partial charge on any atom is 0.317 e. The van der Waals surface area contributed by atoms with Crippen LogP contribution < -0.4 is 0 Å². The first-order valence-corrected chi connectivity index (χ1v) is 6.11. The van der Waals surface area contributed by atoms with Crippen LogP contribution in [0.1, 0.15) is 46.0 Å². The lowest BCUT2D eigenvalue weighted by molar-refractivity contribution is -0.260. The van der Waals surface area contributed by atoms with E-state index in [2.05, 4.69) is 0 Å². The third kappa shape index (κ3) is 2.94. The predicted octanol–water partition coefficient (Wildman–Crippen LogP) is 4.92. The van der Waals surface area contributed by atoms with E-state index in [1.54, 1.807) is 0 Å². The van der Waals surface area contributed by atoms with E-state index in [0.717, 1.165) is 12.8 Å². The van der Waals surface area contributed by atoms with E-state index in [-0.39, 0.29) is 13.3 Å². The van der Waals surface area contributed by atoms with Gasteiger partial charge in [0.25, 0.3) is 5.92 Å². The molecule has 0 heterocycles. The van der Waals surface area contributed by atoms with Crippen LogP contribution in [-0.2, 0) is 0 Å². The standard InChI is InChI=1S/C12H18F6/c1-8(13)12(17,18)10(2,14)11(15,16)7-3-4-9-5-6-9/h8-9H,3-7H2,1-2H3. The molecule has 0 aromatic rings. The number of hydrogen-bond acceptors (Lipinski definition) is 0. The van der Waals surface area contributed by atoms with Crippen LogP contribution in [0.15, 0.2) is 0 Å². The van der Waals surface area contributed by atoms with E-state index in [4.69, 9.17) is 0 Å². The Hall–Kier alpha value is -0.420. The van der Waals surface area contributed by atoms with Gasteiger partial charge in [-0.15, -0.1) is 0 Å². The molecular weight excluding hydrogens is 258 g/mol. The lowest BCUT2D eigenvalue weighted by Gasteiger charge is -2.37. The minimum absolute atomic E-state index is 0.0199. The molecule has 2 unspecified atom stereocenters. The summed E-state index contributed by atoms with van der Waals surface area (Å²) in [7, 11) is 0. The summed E-state index contributed by atoms with van der Waals surface area (Å²) in [6.07, 6.45) is -1.55. The molecule has 108 valence electrons. The van der Waals surface area contributed by atoms with Crippen molar-refractivity contribution < 1.29 is 26.3 Å². The lowest BCUT2D eigenvalue weighted by Crippen LogP contribution is -2.58. The summed E-state index contributed by atoms with van der Waals surface area (Å²) in [5.74, 6) is -8.56. The zero-order valence-corrected chi connectivity index (χ0v) is 10.5. The topological polar surface area (TPSA) is 0 Å². The molecule has 0 saturated heterocycles. The molecule has 0 spiro atoms. The molecule has 0 aromatic carbocycles. The van der Waals surface area contributed by atoms with E-state index in [9.17, 15) is 26.3 Å². The van der Waals surface area contributed by atoms with Crippen LogP contribution in [-0.4, -0.2) is 23.7 Å². The van der Waals surface area contributed by atoms with Gasteiger partial charge >= 0.3 is 5.92 Å². The summed E-state index contributed by atoms with van der Waals surface area (Å²) in [5, 5.41) is 0. The van der Waals surface area contributed by atoms with Crippen molar-refractivity contribution in [3.63, 3.8) is 0 Å². The van der Waals surface area contributed by atoms with Gasteiger partial charge in [0.1, 0.15) is 0 Å². The van der Waals surface area contributed by atoms with Crippen molar-refractivity contribution in [3.05, 3.63) is 0 Å². The molecule has 1 fully saturated rings. The summed E-state index contributed by atoms with van der Waals surface area (Å²) in [5.41, 5.74) is -4.17. The van der Waals surface area contributed by atoms with E-state index in [1.165, 1.54) is 0 Å². The highest BCUT2D eigenvalue weighted by atomic mass is 19.3. The normalized spacial score (nSPS) is 22.7. The van der Waals surface area contributed by atoms with Crippen molar-refractivity contribution in [2.24, 2.45) is 5.92 Å².